The van der Waals surface area contributed by atoms with E-state index in [0.29, 0.717) is 51.6 Å². The molecule has 3 aromatic heterocycles. The zero-order valence-electron chi connectivity index (χ0n) is 36.6. The fourth-order valence-electron chi connectivity index (χ4n) is 6.88. The third-order valence-electron chi connectivity index (χ3n) is 10.3. The first-order valence-electron chi connectivity index (χ1n) is 21.7. The van der Waals surface area contributed by atoms with Gasteiger partial charge in [0.05, 0.1) is 0 Å². The van der Waals surface area contributed by atoms with E-state index in [1.165, 1.54) is 0 Å². The van der Waals surface area contributed by atoms with Crippen LogP contribution in [-0.4, -0.2) is 44.9 Å². The van der Waals surface area contributed by atoms with Crippen LogP contribution in [0, 0.1) is 0 Å². The average Bonchev–Trinajstić information content (AvgIpc) is 3.42. The third-order valence-corrected chi connectivity index (χ3v) is 11.2. The summed E-state index contributed by atoms with van der Waals surface area (Å²) < 4.78 is 0.993. The summed E-state index contributed by atoms with van der Waals surface area (Å²) in [6.07, 6.45) is 0. The van der Waals surface area contributed by atoms with Crippen molar-refractivity contribution in [1.82, 2.24) is 44.9 Å². The Morgan fingerprint density at radius 2 is 0.464 bits per heavy atom. The van der Waals surface area contributed by atoms with E-state index in [4.69, 9.17) is 33.2 Å². The minimum absolute atomic E-state index is 0.202. The molecule has 0 radical (unpaired) electrons. The lowest BCUT2D eigenvalue weighted by molar-refractivity contribution is 1.07. The molecule has 3 heterocycles. The second kappa shape index (κ2) is 22.6. The summed E-state index contributed by atoms with van der Waals surface area (Å²) in [6.45, 7) is 0. The van der Waals surface area contributed by atoms with Crippen molar-refractivity contribution in [1.29, 1.82) is 0 Å². The van der Waals surface area contributed by atoms with Crippen molar-refractivity contribution >= 4 is 39.1 Å². The first-order chi connectivity index (χ1) is 33.9. The predicted molar refractivity (Wildman–Crippen MR) is 281 cm³/mol. The molecule has 0 saturated heterocycles. The molecular weight excluding hydrogens is 961 g/mol. The normalized spacial score (nSPS) is 10.5. The van der Waals surface area contributed by atoms with Crippen LogP contribution in [0.1, 0.15) is 0 Å². The summed E-state index contributed by atoms with van der Waals surface area (Å²) in [6, 6.07) is 74.7. The molecule has 8 aromatic carbocycles. The van der Waals surface area contributed by atoms with Crippen LogP contribution < -0.4 is 0 Å². The van der Waals surface area contributed by atoms with Gasteiger partial charge in [-0.3, -0.25) is 0 Å². The second-order valence-electron chi connectivity index (χ2n) is 15.1. The Morgan fingerprint density at radius 3 is 0.739 bits per heavy atom. The molecule has 0 amide bonds. The lowest BCUT2D eigenvalue weighted by Gasteiger charge is -2.08. The zero-order chi connectivity index (χ0) is 47.2. The minimum atomic E-state index is 0.202. The van der Waals surface area contributed by atoms with Gasteiger partial charge < -0.3 is 0 Å². The van der Waals surface area contributed by atoms with Gasteiger partial charge in [-0.1, -0.05) is 222 Å². The van der Waals surface area contributed by atoms with Crippen molar-refractivity contribution in [3.8, 4) is 91.1 Å². The van der Waals surface area contributed by atoms with Crippen molar-refractivity contribution in [3.63, 3.8) is 0 Å². The summed E-state index contributed by atoms with van der Waals surface area (Å²) in [5.74, 6) is 5.10. The molecule has 0 N–H and O–H groups in total. The molecule has 11 rings (SSSR count). The molecule has 0 saturated carbocycles. The van der Waals surface area contributed by atoms with Gasteiger partial charge in [-0.05, 0) is 48.0 Å². The van der Waals surface area contributed by atoms with Crippen molar-refractivity contribution < 1.29 is 0 Å². The fraction of sp³-hybridized carbons (Fsp3) is 0. The number of hydrogen-bond donors (Lipinski definition) is 0. The van der Waals surface area contributed by atoms with Crippen LogP contribution in [0.15, 0.2) is 235 Å². The summed E-state index contributed by atoms with van der Waals surface area (Å²) in [5.41, 5.74) is 7.55. The first-order valence-corrected chi connectivity index (χ1v) is 23.2. The molecule has 0 fully saturated rings. The molecule has 9 nitrogen and oxygen atoms in total. The first kappa shape index (κ1) is 46.0. The van der Waals surface area contributed by atoms with E-state index in [0.717, 1.165) is 49.0 Å². The molecule has 69 heavy (non-hydrogen) atoms. The summed E-state index contributed by atoms with van der Waals surface area (Å²) >= 11 is 15.5. The van der Waals surface area contributed by atoms with Gasteiger partial charge in [0, 0.05) is 54.0 Å². The van der Waals surface area contributed by atoms with Gasteiger partial charge in [-0.2, -0.15) is 9.97 Å². The lowest BCUT2D eigenvalue weighted by atomic mass is 10.1. The van der Waals surface area contributed by atoms with Crippen molar-refractivity contribution in [2.24, 2.45) is 0 Å². The van der Waals surface area contributed by atoms with Crippen molar-refractivity contribution in [3.05, 3.63) is 245 Å². The van der Waals surface area contributed by atoms with Gasteiger partial charge in [-0.25, -0.2) is 34.9 Å². The van der Waals surface area contributed by atoms with Gasteiger partial charge in [0.1, 0.15) is 0 Å². The maximum absolute atomic E-state index is 6.00. The van der Waals surface area contributed by atoms with Crippen LogP contribution in [-0.2, 0) is 0 Å². The van der Waals surface area contributed by atoms with Gasteiger partial charge in [0.25, 0.3) is 0 Å². The number of aromatic nitrogens is 9. The quantitative estimate of drug-likeness (QED) is 0.147. The molecule has 0 atom stereocenters. The predicted octanol–water partition coefficient (Wildman–Crippen LogP) is 15.0. The lowest BCUT2D eigenvalue weighted by Crippen LogP contribution is -2.00. The monoisotopic (exact) mass is 997 g/mol. The number of halogens is 3. The summed E-state index contributed by atoms with van der Waals surface area (Å²) in [7, 11) is 0. The smallest absolute Gasteiger partial charge is 0.208 e. The summed E-state index contributed by atoms with van der Waals surface area (Å²) in [4.78, 5) is 40.9. The standard InChI is InChI=1S/C21H14BrN3.C21H14ClN3.C15H10ClN3/c22-18-13-7-12-17(14-18)21-24-19(15-8-3-1-4-9-15)23-20(25-21)16-10-5-2-6-11-16;22-18-13-11-17(12-14-18)21-24-19(15-7-3-1-4-8-15)23-20(25-21)16-9-5-2-6-10-16;16-15-18-13(11-7-3-1-4-8-11)17-14(19-15)12-9-5-2-6-10-12/h2*1-14H;1-10H. The number of nitrogens with zero attached hydrogens (tertiary/aromatic N) is 9. The van der Waals surface area contributed by atoms with E-state index < -0.39 is 0 Å². The fourth-order valence-corrected chi connectivity index (χ4v) is 7.57. The van der Waals surface area contributed by atoms with Gasteiger partial charge in [0.2, 0.25) is 5.28 Å². The Morgan fingerprint density at radius 1 is 0.232 bits per heavy atom. The second-order valence-corrected chi connectivity index (χ2v) is 16.8. The molecule has 11 aromatic rings. The SMILES string of the molecule is Brc1cccc(-c2nc(-c3ccccc3)nc(-c3ccccc3)n2)c1.Clc1ccc(-c2nc(-c3ccccc3)nc(-c3ccccc3)n2)cc1.Clc1nc(-c2ccccc2)nc(-c2ccccc2)n1. The zero-order valence-corrected chi connectivity index (χ0v) is 39.7. The molecule has 332 valence electrons. The maximum atomic E-state index is 6.00. The number of hydrogen-bond acceptors (Lipinski definition) is 9. The van der Waals surface area contributed by atoms with Crippen molar-refractivity contribution in [2.75, 3.05) is 0 Å². The topological polar surface area (TPSA) is 116 Å². The Balaban J connectivity index is 0.000000130. The van der Waals surface area contributed by atoms with Crippen molar-refractivity contribution in [2.45, 2.75) is 0 Å². The molecule has 0 spiro atoms. The minimum Gasteiger partial charge on any atom is -0.208 e. The van der Waals surface area contributed by atoms with Gasteiger partial charge >= 0.3 is 0 Å². The summed E-state index contributed by atoms with van der Waals surface area (Å²) in [5, 5.41) is 0.886. The van der Waals surface area contributed by atoms with Crippen LogP contribution >= 0.6 is 39.1 Å². The molecule has 0 bridgehead atoms. The highest BCUT2D eigenvalue weighted by atomic mass is 79.9. The molecule has 0 unspecified atom stereocenters. The van der Waals surface area contributed by atoms with Gasteiger partial charge in [-0.15, -0.1) is 0 Å². The average molecular weight is 1000 g/mol. The maximum Gasteiger partial charge on any atom is 0.226 e. The van der Waals surface area contributed by atoms with Crippen LogP contribution in [0.5, 0.6) is 0 Å². The van der Waals surface area contributed by atoms with E-state index >= 15 is 0 Å². The molecule has 0 aliphatic rings. The molecule has 0 aliphatic heterocycles. The molecule has 0 aliphatic carbocycles. The van der Waals surface area contributed by atoms with E-state index in [1.807, 2.05) is 231 Å². The third kappa shape index (κ3) is 12.3. The van der Waals surface area contributed by atoms with E-state index in [-0.39, 0.29) is 5.28 Å². The Bertz CT molecular complexity index is 3220. The molecular formula is C57H38BrCl2N9. The van der Waals surface area contributed by atoms with Crippen LogP contribution in [0.4, 0.5) is 0 Å². The highest BCUT2D eigenvalue weighted by molar-refractivity contribution is 9.10. The largest absolute Gasteiger partial charge is 0.226 e. The van der Waals surface area contributed by atoms with E-state index in [1.54, 1.807) is 0 Å². The van der Waals surface area contributed by atoms with Crippen LogP contribution in [0.25, 0.3) is 91.1 Å². The number of rotatable bonds is 8. The van der Waals surface area contributed by atoms with Gasteiger partial charge in [0.15, 0.2) is 46.6 Å². The van der Waals surface area contributed by atoms with E-state index in [2.05, 4.69) is 50.8 Å². The number of benzene rings is 8. The Labute approximate surface area is 417 Å². The highest BCUT2D eigenvalue weighted by Gasteiger charge is 2.14. The Hall–Kier alpha value is -8.15. The molecule has 12 heteroatoms. The van der Waals surface area contributed by atoms with Crippen LogP contribution in [0.2, 0.25) is 10.3 Å². The Kier molecular flexibility index (Phi) is 15.0. The highest BCUT2D eigenvalue weighted by Crippen LogP contribution is 2.28. The van der Waals surface area contributed by atoms with Crippen LogP contribution in [0.3, 0.4) is 0 Å². The van der Waals surface area contributed by atoms with E-state index in [9.17, 15) is 0 Å².